The van der Waals surface area contributed by atoms with Crippen LogP contribution in [0.1, 0.15) is 132 Å². The molecule has 6 fully saturated rings. The van der Waals surface area contributed by atoms with Gasteiger partial charge >= 0.3 is 0 Å². The Morgan fingerprint density at radius 3 is 2.27 bits per heavy atom. The van der Waals surface area contributed by atoms with Gasteiger partial charge in [-0.15, -0.1) is 6.58 Å². The summed E-state index contributed by atoms with van der Waals surface area (Å²) in [6.07, 6.45) is 18.5. The number of nitriles is 1. The average Bonchev–Trinajstić information content (AvgIpc) is 3.54. The van der Waals surface area contributed by atoms with E-state index in [4.69, 9.17) is 0 Å². The van der Waals surface area contributed by atoms with Crippen molar-refractivity contribution in [3.63, 3.8) is 0 Å². The standard InChI is InChI=1S/C37H58N6OS.C4H8.C2H6/c1-34(2)31-11-13-35(3)29-10-14-37(26-39-16-6-17-42-19-21-45(44)22-20-42)12-5-7-30(37)28(29)8-9-32(35)36(31,4)15-18-43(34)33-40-24-27(23-38)25-41-33;1-4(2)3;1-2/h24-25,28-32,39H,5-22,26H2,1-4H3;1H2,2-3H3;1-2H3/t28?,29?,30-,31?,32?,35?,36?,37?;;/m1../s1. The molecule has 7 rings (SSSR count). The molecule has 8 heteroatoms. The molecule has 51 heavy (non-hydrogen) atoms. The zero-order valence-electron chi connectivity index (χ0n) is 33.7. The van der Waals surface area contributed by atoms with Gasteiger partial charge in [0.1, 0.15) is 6.07 Å². The molecule has 8 atom stereocenters. The molecule has 0 radical (unpaired) electrons. The van der Waals surface area contributed by atoms with Crippen LogP contribution in [0.4, 0.5) is 5.95 Å². The van der Waals surface area contributed by atoms with E-state index in [0.717, 1.165) is 73.8 Å². The summed E-state index contributed by atoms with van der Waals surface area (Å²) in [5.41, 5.74) is 3.02. The lowest BCUT2D eigenvalue weighted by Crippen LogP contribution is -2.68. The molecular weight excluding hydrogens is 649 g/mol. The van der Waals surface area contributed by atoms with E-state index in [9.17, 15) is 9.47 Å². The summed E-state index contributed by atoms with van der Waals surface area (Å²) in [6.45, 7) is 28.4. The van der Waals surface area contributed by atoms with Crippen molar-refractivity contribution in [3.8, 4) is 6.07 Å². The number of anilines is 1. The van der Waals surface area contributed by atoms with Gasteiger partial charge in [0.25, 0.3) is 0 Å². The maximum Gasteiger partial charge on any atom is 0.225 e. The van der Waals surface area contributed by atoms with Crippen LogP contribution in [0.25, 0.3) is 0 Å². The highest BCUT2D eigenvalue weighted by Gasteiger charge is 2.66. The molecule has 0 bridgehead atoms. The molecule has 4 saturated carbocycles. The molecule has 1 N–H and O–H groups in total. The molecule has 4 aliphatic carbocycles. The second kappa shape index (κ2) is 16.7. The van der Waals surface area contributed by atoms with Gasteiger partial charge in [0.05, 0.1) is 18.0 Å². The minimum Gasteiger partial charge on any atom is -0.335 e. The predicted octanol–water partition coefficient (Wildman–Crippen LogP) is 8.63. The molecular formula is C43H72N6OS. The first kappa shape index (κ1) is 40.4. The van der Waals surface area contributed by atoms with Crippen LogP contribution in [0.3, 0.4) is 0 Å². The number of hydrogen-bond acceptors (Lipinski definition) is 7. The van der Waals surface area contributed by atoms with Gasteiger partial charge in [-0.25, -0.2) is 9.97 Å². The fourth-order valence-electron chi connectivity index (χ4n) is 12.9. The van der Waals surface area contributed by atoms with E-state index in [1.54, 1.807) is 12.4 Å². The summed E-state index contributed by atoms with van der Waals surface area (Å²) >= 11 is 0. The minimum absolute atomic E-state index is 0.00894. The van der Waals surface area contributed by atoms with Gasteiger partial charge < -0.3 is 15.1 Å². The summed E-state index contributed by atoms with van der Waals surface area (Å²) in [4.78, 5) is 14.3. The number of piperidine rings is 1. The van der Waals surface area contributed by atoms with Crippen molar-refractivity contribution < 1.29 is 4.21 Å². The molecule has 7 nitrogen and oxygen atoms in total. The first-order chi connectivity index (χ1) is 24.3. The number of nitrogens with one attached hydrogen (secondary N) is 1. The highest BCUT2D eigenvalue weighted by Crippen LogP contribution is 2.71. The van der Waals surface area contributed by atoms with E-state index >= 15 is 0 Å². The van der Waals surface area contributed by atoms with Gasteiger partial charge in [-0.1, -0.05) is 39.7 Å². The molecule has 1 aromatic rings. The Morgan fingerprint density at radius 2 is 1.61 bits per heavy atom. The Kier molecular flexibility index (Phi) is 13.2. The number of nitrogens with zero attached hydrogens (tertiary/aromatic N) is 5. The lowest BCUT2D eigenvalue weighted by Gasteiger charge is -2.70. The van der Waals surface area contributed by atoms with E-state index in [0.29, 0.717) is 27.7 Å². The Bertz CT molecular complexity index is 1380. The van der Waals surface area contributed by atoms with Gasteiger partial charge in [0.2, 0.25) is 5.95 Å². The summed E-state index contributed by atoms with van der Waals surface area (Å²) in [5, 5.41) is 13.2. The minimum atomic E-state index is -0.576. The van der Waals surface area contributed by atoms with Crippen LogP contribution >= 0.6 is 0 Å². The van der Waals surface area contributed by atoms with Crippen LogP contribution in [0.2, 0.25) is 0 Å². The third-order valence-electron chi connectivity index (χ3n) is 15.0. The molecule has 7 unspecified atom stereocenters. The molecule has 2 saturated heterocycles. The van der Waals surface area contributed by atoms with Gasteiger partial charge in [-0.05, 0) is 151 Å². The largest absolute Gasteiger partial charge is 0.335 e. The van der Waals surface area contributed by atoms with E-state index in [2.05, 4.69) is 65.4 Å². The van der Waals surface area contributed by atoms with Crippen molar-refractivity contribution in [2.75, 3.05) is 55.7 Å². The summed E-state index contributed by atoms with van der Waals surface area (Å²) in [5.74, 6) is 6.66. The molecule has 286 valence electrons. The highest BCUT2D eigenvalue weighted by atomic mass is 32.2. The number of hydrogen-bond donors (Lipinski definition) is 1. The van der Waals surface area contributed by atoms with Crippen molar-refractivity contribution in [2.24, 2.45) is 45.8 Å². The van der Waals surface area contributed by atoms with Gasteiger partial charge in [0, 0.05) is 54.0 Å². The number of fused-ring (bicyclic) bond motifs is 7. The Labute approximate surface area is 314 Å². The van der Waals surface area contributed by atoms with E-state index < -0.39 is 10.8 Å². The fourth-order valence-corrected chi connectivity index (χ4v) is 14.0. The molecule has 0 aromatic carbocycles. The zero-order valence-corrected chi connectivity index (χ0v) is 34.6. The van der Waals surface area contributed by atoms with E-state index in [-0.39, 0.29) is 5.54 Å². The zero-order chi connectivity index (χ0) is 37.0. The molecule has 1 aromatic heterocycles. The summed E-state index contributed by atoms with van der Waals surface area (Å²) < 4.78 is 11.7. The monoisotopic (exact) mass is 721 g/mol. The van der Waals surface area contributed by atoms with Crippen LogP contribution < -0.4 is 10.2 Å². The number of allylic oxidation sites excluding steroid dienone is 1. The van der Waals surface area contributed by atoms with Crippen LogP contribution in [0, 0.1) is 57.2 Å². The third kappa shape index (κ3) is 8.02. The van der Waals surface area contributed by atoms with E-state index in [1.807, 2.05) is 27.7 Å². The van der Waals surface area contributed by atoms with Crippen LogP contribution in [0.15, 0.2) is 24.5 Å². The molecule has 3 heterocycles. The molecule has 2 aliphatic heterocycles. The molecule has 0 amide bonds. The summed E-state index contributed by atoms with van der Waals surface area (Å²) in [7, 11) is -0.576. The second-order valence-corrected chi connectivity index (χ2v) is 20.0. The van der Waals surface area contributed by atoms with Crippen LogP contribution in [-0.4, -0.2) is 75.4 Å². The Hall–Kier alpha value is -1.82. The SMILES string of the molecule is C=C(C)C.CC.CC12CCC3C(C)(CCN(c4ncc(C#N)cn4)C3(C)C)C1CCC1C2CCC2(CNCCCN3CCS(=O)CC3)CCC[C@H]12. The molecule has 0 spiro atoms. The second-order valence-electron chi connectivity index (χ2n) is 18.3. The fraction of sp³-hybridized carbons (Fsp3) is 0.837. The Morgan fingerprint density at radius 1 is 0.922 bits per heavy atom. The van der Waals surface area contributed by atoms with Gasteiger partial charge in [-0.2, -0.15) is 5.26 Å². The van der Waals surface area contributed by atoms with Gasteiger partial charge in [-0.3, -0.25) is 4.21 Å². The average molecular weight is 721 g/mol. The molecule has 6 aliphatic rings. The first-order valence-corrected chi connectivity index (χ1v) is 22.2. The first-order valence-electron chi connectivity index (χ1n) is 20.7. The lowest BCUT2D eigenvalue weighted by molar-refractivity contribution is -0.181. The van der Waals surface area contributed by atoms with Crippen molar-refractivity contribution >= 4 is 16.7 Å². The summed E-state index contributed by atoms with van der Waals surface area (Å²) in [6, 6.07) is 2.17. The third-order valence-corrected chi connectivity index (χ3v) is 16.2. The topological polar surface area (TPSA) is 85.2 Å². The maximum atomic E-state index is 11.7. The van der Waals surface area contributed by atoms with Crippen molar-refractivity contribution in [1.82, 2.24) is 20.2 Å². The van der Waals surface area contributed by atoms with Crippen LogP contribution in [-0.2, 0) is 10.8 Å². The maximum absolute atomic E-state index is 11.7. The van der Waals surface area contributed by atoms with Crippen molar-refractivity contribution in [1.29, 1.82) is 5.26 Å². The van der Waals surface area contributed by atoms with Crippen LogP contribution in [0.5, 0.6) is 0 Å². The van der Waals surface area contributed by atoms with Gasteiger partial charge in [0.15, 0.2) is 0 Å². The quantitative estimate of drug-likeness (QED) is 0.223. The highest BCUT2D eigenvalue weighted by molar-refractivity contribution is 7.85. The lowest BCUT2D eigenvalue weighted by atomic mass is 9.38. The number of rotatable bonds is 7. The van der Waals surface area contributed by atoms with E-state index in [1.165, 1.54) is 82.7 Å². The van der Waals surface area contributed by atoms with Crippen molar-refractivity contribution in [3.05, 3.63) is 30.1 Å². The predicted molar refractivity (Wildman–Crippen MR) is 214 cm³/mol. The smallest absolute Gasteiger partial charge is 0.225 e. The number of aromatic nitrogens is 2. The Balaban J connectivity index is 0.000000787. The normalized spacial score (nSPS) is 37.2. The van der Waals surface area contributed by atoms with Crippen molar-refractivity contribution in [2.45, 2.75) is 132 Å².